The lowest BCUT2D eigenvalue weighted by Gasteiger charge is -2.52. The van der Waals surface area contributed by atoms with Crippen molar-refractivity contribution < 1.29 is 147 Å². The molecule has 2 bridgehead atoms. The highest BCUT2D eigenvalue weighted by atomic mass is 16.8. The zero-order valence-corrected chi connectivity index (χ0v) is 64.9. The summed E-state index contributed by atoms with van der Waals surface area (Å²) in [7, 11) is 10.1. The fraction of sp³-hybridized carbons (Fsp3) is 0.442. The molecule has 622 valence electrons. The smallest absolute Gasteiger partial charge is 0.338 e. The summed E-state index contributed by atoms with van der Waals surface area (Å²) in [5.74, 6) is -5.57. The Morgan fingerprint density at radius 1 is 0.282 bits per heavy atom. The van der Waals surface area contributed by atoms with Gasteiger partial charge < -0.3 is 118 Å². The standard InChI is InChI=1S/C86H92O31/c1-93-43-55-60(66(95-3)71(98-6)83(105-55)115-62-58-47-103-82(104-58)70(97-5)65(62)94-2)114-84-72(99-7)67(96-4)61(56(106-84)44-100-75(87)48-29-15-8-16-30-48)116-85-74(112-80(92)53-39-25-13-26-40-53)69(110-78(90)51-35-21-11-22-36-51)64(57(107-85)45-101-76(88)49-31-17-9-18-32-49)117-86-73(111-79(91)52-37-23-12-24-38-52)68(109-77(89)50-33-19-10-20-34-50)63-59(108-86)46-102-81(113-63)54-41-27-14-28-42-54/h8-42,55-74,81-86H,43-47H2,1-7H3/t55?,56?,57-,58-,59-,60+,61+,62+,63+,64+,65?,66?,67?,68?,69?,70?,71-,72-,73?,74?,81?,82+,83-,84-,85-,86+/m0/s1. The van der Waals surface area contributed by atoms with Gasteiger partial charge in [0.2, 0.25) is 0 Å². The summed E-state index contributed by atoms with van der Waals surface area (Å²) in [5, 5.41) is 0. The van der Waals surface area contributed by atoms with Gasteiger partial charge in [0.1, 0.15) is 111 Å². The van der Waals surface area contributed by atoms with E-state index in [1.165, 1.54) is 110 Å². The molecule has 31 heteroatoms. The lowest BCUT2D eigenvalue weighted by atomic mass is 9.94. The zero-order valence-electron chi connectivity index (χ0n) is 64.9. The predicted molar refractivity (Wildman–Crippen MR) is 401 cm³/mol. The minimum atomic E-state index is -2.05. The minimum Gasteiger partial charge on any atom is -0.459 e. The lowest BCUT2D eigenvalue weighted by Crippen LogP contribution is -2.69. The average Bonchev–Trinajstić information content (AvgIpc) is 1.08. The fourth-order valence-electron chi connectivity index (χ4n) is 15.3. The van der Waals surface area contributed by atoms with Crippen LogP contribution in [0.15, 0.2) is 212 Å². The van der Waals surface area contributed by atoms with Crippen molar-refractivity contribution in [3.63, 3.8) is 0 Å². The first-order valence-electron chi connectivity index (χ1n) is 38.2. The van der Waals surface area contributed by atoms with Gasteiger partial charge >= 0.3 is 35.8 Å². The number of methoxy groups -OCH3 is 7. The molecule has 0 N–H and O–H groups in total. The van der Waals surface area contributed by atoms with Crippen LogP contribution in [0, 0.1) is 0 Å². The molecular formula is C86H92O31. The Balaban J connectivity index is 0.871. The van der Waals surface area contributed by atoms with E-state index in [0.29, 0.717) is 5.56 Å². The van der Waals surface area contributed by atoms with Crippen LogP contribution < -0.4 is 0 Å². The van der Waals surface area contributed by atoms with Crippen LogP contribution in [-0.2, 0) is 118 Å². The van der Waals surface area contributed by atoms with Crippen LogP contribution in [0.1, 0.15) is 74.0 Å². The van der Waals surface area contributed by atoms with Gasteiger partial charge in [-0.1, -0.05) is 140 Å². The number of carbonyl (C=O) groups excluding carboxylic acids is 6. The maximum Gasteiger partial charge on any atom is 0.338 e. The van der Waals surface area contributed by atoms with Crippen molar-refractivity contribution in [2.24, 2.45) is 0 Å². The molecule has 7 aliphatic rings. The van der Waals surface area contributed by atoms with Crippen molar-refractivity contribution >= 4 is 35.8 Å². The third-order valence-corrected chi connectivity index (χ3v) is 21.1. The summed E-state index contributed by atoms with van der Waals surface area (Å²) in [6.45, 7) is -1.70. The van der Waals surface area contributed by atoms with Gasteiger partial charge in [-0.2, -0.15) is 0 Å². The Morgan fingerprint density at radius 3 is 1.00 bits per heavy atom. The lowest BCUT2D eigenvalue weighted by molar-refractivity contribution is -0.398. The summed E-state index contributed by atoms with van der Waals surface area (Å²) < 4.78 is 163. The van der Waals surface area contributed by atoms with Gasteiger partial charge in [0.05, 0.1) is 53.2 Å². The first kappa shape index (κ1) is 84.1. The number of benzene rings is 7. The summed E-state index contributed by atoms with van der Waals surface area (Å²) in [4.78, 5) is 89.3. The number of carbonyl (C=O) groups is 6. The third kappa shape index (κ3) is 19.3. The topological polar surface area (TPSA) is 333 Å². The highest BCUT2D eigenvalue weighted by molar-refractivity contribution is 5.92. The van der Waals surface area contributed by atoms with E-state index in [2.05, 4.69) is 0 Å². The SMILES string of the molecule is COCC1O[C@@H](O[C@H]2C(OC)C(OC)[C@@H]3OC[C@@H]2O3)[C@@H](OC)C(OC)[C@@H]1O[C@@H]1OC(COC(=O)c2ccccc2)[C@@H](O[C@@H]2O[C@@H](COC(=O)c3ccccc3)[C@@H](O[C@H]3O[C@H]4COC(c5ccccc5)O[C@H]4C(OC(=O)c4ccccc4)C3OC(=O)c3ccccc3)C(OC(=O)c3ccccc3)C2OC(=O)c2ccccc2)C(OC)[C@@H]1OC. The van der Waals surface area contributed by atoms with E-state index in [1.54, 1.807) is 146 Å². The van der Waals surface area contributed by atoms with Crippen LogP contribution in [0.2, 0.25) is 0 Å². The molecule has 0 aromatic heterocycles. The van der Waals surface area contributed by atoms with E-state index in [4.69, 9.17) is 118 Å². The van der Waals surface area contributed by atoms with E-state index >= 15 is 9.59 Å². The average molecular weight is 1620 g/mol. The van der Waals surface area contributed by atoms with Gasteiger partial charge in [-0.15, -0.1) is 0 Å². The summed E-state index contributed by atoms with van der Waals surface area (Å²) >= 11 is 0. The predicted octanol–water partition coefficient (Wildman–Crippen LogP) is 7.65. The van der Waals surface area contributed by atoms with E-state index in [9.17, 15) is 19.2 Å². The molecule has 7 saturated heterocycles. The Hall–Kier alpha value is -9.40. The van der Waals surface area contributed by atoms with Crippen LogP contribution in [0.4, 0.5) is 0 Å². The molecule has 7 aromatic rings. The van der Waals surface area contributed by atoms with Gasteiger partial charge in [0, 0.05) is 55.3 Å². The van der Waals surface area contributed by atoms with Gasteiger partial charge in [0.25, 0.3) is 0 Å². The van der Waals surface area contributed by atoms with Crippen molar-refractivity contribution in [3.8, 4) is 0 Å². The van der Waals surface area contributed by atoms with Crippen LogP contribution in [0.5, 0.6) is 0 Å². The molecule has 7 aliphatic heterocycles. The van der Waals surface area contributed by atoms with Crippen LogP contribution in [0.3, 0.4) is 0 Å². The molecule has 0 spiro atoms. The number of fused-ring (bicyclic) bond motifs is 3. The van der Waals surface area contributed by atoms with Crippen LogP contribution in [0.25, 0.3) is 0 Å². The number of ether oxygens (including phenoxy) is 25. The molecule has 0 amide bonds. The summed E-state index contributed by atoms with van der Waals surface area (Å²) in [6, 6.07) is 56.5. The fourth-order valence-corrected chi connectivity index (χ4v) is 15.3. The Bertz CT molecular complexity index is 4330. The molecule has 0 saturated carbocycles. The molecule has 11 unspecified atom stereocenters. The monoisotopic (exact) mass is 1620 g/mol. The van der Waals surface area contributed by atoms with Crippen molar-refractivity contribution in [1.82, 2.24) is 0 Å². The van der Waals surface area contributed by atoms with E-state index in [-0.39, 0.29) is 53.2 Å². The second-order valence-corrected chi connectivity index (χ2v) is 28.2. The van der Waals surface area contributed by atoms with Gasteiger partial charge in [-0.05, 0) is 72.8 Å². The molecule has 0 aliphatic carbocycles. The second-order valence-electron chi connectivity index (χ2n) is 28.2. The minimum absolute atomic E-state index is 0.0183. The van der Waals surface area contributed by atoms with Crippen molar-refractivity contribution in [3.05, 3.63) is 251 Å². The summed E-state index contributed by atoms with van der Waals surface area (Å²) in [6.07, 6.45) is -35.5. The maximum atomic E-state index is 15.4. The molecule has 14 rings (SSSR count). The van der Waals surface area contributed by atoms with Gasteiger partial charge in [-0.3, -0.25) is 0 Å². The Morgan fingerprint density at radius 2 is 0.598 bits per heavy atom. The Labute approximate surface area is 674 Å². The highest BCUT2D eigenvalue weighted by Crippen LogP contribution is 2.44. The molecule has 0 radical (unpaired) electrons. The first-order chi connectivity index (χ1) is 57.2. The van der Waals surface area contributed by atoms with Crippen LogP contribution >= 0.6 is 0 Å². The van der Waals surface area contributed by atoms with Gasteiger partial charge in [0.15, 0.2) is 62.2 Å². The highest BCUT2D eigenvalue weighted by Gasteiger charge is 2.62. The van der Waals surface area contributed by atoms with Crippen molar-refractivity contribution in [1.29, 1.82) is 0 Å². The number of esters is 6. The number of rotatable bonds is 31. The van der Waals surface area contributed by atoms with E-state index < -0.39 is 209 Å². The van der Waals surface area contributed by atoms with Crippen LogP contribution in [-0.4, -0.2) is 272 Å². The molecule has 31 nitrogen and oxygen atoms in total. The first-order valence-corrected chi connectivity index (χ1v) is 38.2. The zero-order chi connectivity index (χ0) is 81.5. The number of hydrogen-bond acceptors (Lipinski definition) is 31. The van der Waals surface area contributed by atoms with Crippen molar-refractivity contribution in [2.75, 3.05) is 82.8 Å². The third-order valence-electron chi connectivity index (χ3n) is 21.1. The molecule has 7 fully saturated rings. The van der Waals surface area contributed by atoms with Crippen molar-refractivity contribution in [2.45, 2.75) is 160 Å². The quantitative estimate of drug-likeness (QED) is 0.0297. The van der Waals surface area contributed by atoms with Gasteiger partial charge in [-0.25, -0.2) is 28.8 Å². The molecule has 7 heterocycles. The largest absolute Gasteiger partial charge is 0.459 e. The number of hydrogen-bond donors (Lipinski definition) is 0. The second kappa shape index (κ2) is 39.9. The normalized spacial score (nSPS) is 32.6. The molecule has 26 atom stereocenters. The molecular weight excluding hydrogens is 1530 g/mol. The van der Waals surface area contributed by atoms with E-state index in [1.807, 2.05) is 6.07 Å². The van der Waals surface area contributed by atoms with E-state index in [0.717, 1.165) is 0 Å². The Kier molecular flexibility index (Phi) is 28.7. The molecule has 117 heavy (non-hydrogen) atoms. The summed E-state index contributed by atoms with van der Waals surface area (Å²) in [5.41, 5.74) is 0.929. The molecule has 7 aromatic carbocycles. The maximum absolute atomic E-state index is 15.4.